The number of para-hydroxylation sites is 2. The van der Waals surface area contributed by atoms with Gasteiger partial charge in [0.2, 0.25) is 0 Å². The van der Waals surface area contributed by atoms with E-state index in [1.165, 1.54) is 25.1 Å². The molecule has 6 nitrogen and oxygen atoms in total. The summed E-state index contributed by atoms with van der Waals surface area (Å²) in [5, 5.41) is 4.62. The van der Waals surface area contributed by atoms with E-state index in [2.05, 4.69) is 47.4 Å². The number of hydrogen-bond donors (Lipinski definition) is 1. The molecule has 162 valence electrons. The zero-order valence-corrected chi connectivity index (χ0v) is 18.8. The number of hydrazone groups is 1. The molecule has 6 heteroatoms. The van der Waals surface area contributed by atoms with Gasteiger partial charge in [0.15, 0.2) is 11.5 Å². The Morgan fingerprint density at radius 2 is 1.80 bits per heavy atom. The van der Waals surface area contributed by atoms with Crippen molar-refractivity contribution in [3.63, 3.8) is 0 Å². The van der Waals surface area contributed by atoms with Crippen molar-refractivity contribution in [2.24, 2.45) is 10.5 Å². The fourth-order valence-corrected chi connectivity index (χ4v) is 4.36. The predicted octanol–water partition coefficient (Wildman–Crippen LogP) is 4.76. The highest BCUT2D eigenvalue weighted by molar-refractivity contribution is 5.86. The van der Waals surface area contributed by atoms with E-state index in [0.717, 1.165) is 35.7 Å². The summed E-state index contributed by atoms with van der Waals surface area (Å²) < 4.78 is 10.0. The third kappa shape index (κ3) is 5.11. The van der Waals surface area contributed by atoms with Crippen molar-refractivity contribution in [2.75, 3.05) is 33.2 Å². The fourth-order valence-electron chi connectivity index (χ4n) is 4.36. The minimum atomic E-state index is 0.495. The van der Waals surface area contributed by atoms with Crippen LogP contribution < -0.4 is 14.9 Å². The molecule has 2 atom stereocenters. The summed E-state index contributed by atoms with van der Waals surface area (Å²) in [7, 11) is 5.49. The van der Waals surface area contributed by atoms with Crippen LogP contribution in [0.4, 0.5) is 5.82 Å². The molecule has 0 amide bonds. The third-order valence-corrected chi connectivity index (χ3v) is 6.40. The number of fused-ring (bicyclic) bond motifs is 1. The lowest BCUT2D eigenvalue weighted by Crippen LogP contribution is -2.41. The van der Waals surface area contributed by atoms with Crippen molar-refractivity contribution in [2.45, 2.75) is 45.6 Å². The standard InChI is InChI=1S/C16H24N4.C8H10O2/c1-12-5-4-9-17-15(12)19-18-13-6-7-16(2)8-10-20(3)14(16)11-13;1-9-7-5-3-4-6-8(7)10-2/h4-5,9,14H,6-8,10-11H2,1-3H3,(H,17,19);3-6H,1-2H3/b18-13-;. The Hall–Kier alpha value is -2.60. The zero-order valence-electron chi connectivity index (χ0n) is 18.8. The molecule has 1 aromatic carbocycles. The number of nitrogens with zero attached hydrogens (tertiary/aromatic N) is 3. The lowest BCUT2D eigenvalue weighted by molar-refractivity contribution is 0.176. The Morgan fingerprint density at radius 3 is 2.43 bits per heavy atom. The van der Waals surface area contributed by atoms with Gasteiger partial charge >= 0.3 is 0 Å². The molecule has 2 heterocycles. The number of aryl methyl sites for hydroxylation is 1. The highest BCUT2D eigenvalue weighted by Crippen LogP contribution is 2.45. The Bertz CT molecular complexity index is 847. The normalized spacial score (nSPS) is 24.6. The average Bonchev–Trinajstić information content (AvgIpc) is 3.08. The van der Waals surface area contributed by atoms with Gasteiger partial charge in [-0.3, -0.25) is 5.43 Å². The van der Waals surface area contributed by atoms with Crippen LogP contribution in [0.1, 0.15) is 38.2 Å². The first kappa shape index (κ1) is 22.1. The number of nitrogens with one attached hydrogen (secondary N) is 1. The van der Waals surface area contributed by atoms with Crippen LogP contribution in [0.5, 0.6) is 11.5 Å². The van der Waals surface area contributed by atoms with E-state index < -0.39 is 0 Å². The van der Waals surface area contributed by atoms with E-state index in [9.17, 15) is 0 Å². The van der Waals surface area contributed by atoms with Gasteiger partial charge in [-0.25, -0.2) is 4.98 Å². The SMILES string of the molecule is COc1ccccc1OC.Cc1cccnc1N/N=C1/CCC2(C)CCN(C)C2C1. The zero-order chi connectivity index (χ0) is 21.6. The lowest BCUT2D eigenvalue weighted by Gasteiger charge is -2.38. The Balaban J connectivity index is 0.000000216. The Labute approximate surface area is 180 Å². The van der Waals surface area contributed by atoms with Crippen molar-refractivity contribution in [1.29, 1.82) is 0 Å². The topological polar surface area (TPSA) is 59.0 Å². The van der Waals surface area contributed by atoms with Crippen LogP contribution in [0, 0.1) is 12.3 Å². The molecule has 2 fully saturated rings. The number of benzene rings is 1. The molecule has 1 saturated carbocycles. The molecule has 2 aliphatic rings. The van der Waals surface area contributed by atoms with Gasteiger partial charge in [0, 0.05) is 24.4 Å². The first-order valence-corrected chi connectivity index (χ1v) is 10.6. The summed E-state index contributed by atoms with van der Waals surface area (Å²) in [5.74, 6) is 2.41. The van der Waals surface area contributed by atoms with Gasteiger partial charge in [-0.15, -0.1) is 0 Å². The number of likely N-dealkylation sites (tertiary alicyclic amines) is 1. The van der Waals surface area contributed by atoms with Gasteiger partial charge in [0.05, 0.1) is 14.2 Å². The van der Waals surface area contributed by atoms with E-state index in [4.69, 9.17) is 9.47 Å². The Kier molecular flexibility index (Phi) is 7.32. The minimum absolute atomic E-state index is 0.495. The molecule has 1 N–H and O–H groups in total. The maximum atomic E-state index is 5.01. The second-order valence-electron chi connectivity index (χ2n) is 8.42. The summed E-state index contributed by atoms with van der Waals surface area (Å²) in [4.78, 5) is 6.83. The van der Waals surface area contributed by atoms with E-state index in [-0.39, 0.29) is 0 Å². The quantitative estimate of drug-likeness (QED) is 0.737. The van der Waals surface area contributed by atoms with Crippen LogP contribution >= 0.6 is 0 Å². The molecular weight excluding hydrogens is 376 g/mol. The van der Waals surface area contributed by atoms with Crippen molar-refractivity contribution in [1.82, 2.24) is 9.88 Å². The molecule has 2 aromatic rings. The average molecular weight is 411 g/mol. The fraction of sp³-hybridized carbons (Fsp3) is 0.500. The van der Waals surface area contributed by atoms with Crippen LogP contribution in [0.15, 0.2) is 47.7 Å². The predicted molar refractivity (Wildman–Crippen MR) is 123 cm³/mol. The van der Waals surface area contributed by atoms with Crippen LogP contribution in [-0.4, -0.2) is 49.4 Å². The van der Waals surface area contributed by atoms with Crippen LogP contribution in [0.3, 0.4) is 0 Å². The van der Waals surface area contributed by atoms with Crippen LogP contribution in [0.2, 0.25) is 0 Å². The van der Waals surface area contributed by atoms with Crippen molar-refractivity contribution in [3.8, 4) is 11.5 Å². The summed E-state index contributed by atoms with van der Waals surface area (Å²) in [6, 6.07) is 12.2. The molecule has 30 heavy (non-hydrogen) atoms. The highest BCUT2D eigenvalue weighted by Gasteiger charge is 2.45. The Morgan fingerprint density at radius 1 is 1.10 bits per heavy atom. The molecule has 4 rings (SSSR count). The van der Waals surface area contributed by atoms with Gasteiger partial charge in [-0.1, -0.05) is 25.1 Å². The molecule has 1 aromatic heterocycles. The summed E-state index contributed by atoms with van der Waals surface area (Å²) in [6.45, 7) is 5.72. The molecule has 2 unspecified atom stereocenters. The van der Waals surface area contributed by atoms with Gasteiger partial charge in [0.1, 0.15) is 5.82 Å². The van der Waals surface area contributed by atoms with Gasteiger partial charge in [-0.05, 0) is 69.0 Å². The number of rotatable bonds is 4. The van der Waals surface area contributed by atoms with Gasteiger partial charge in [-0.2, -0.15) is 5.10 Å². The number of pyridine rings is 1. The van der Waals surface area contributed by atoms with Crippen LogP contribution in [-0.2, 0) is 0 Å². The second-order valence-corrected chi connectivity index (χ2v) is 8.42. The van der Waals surface area contributed by atoms with Crippen molar-refractivity contribution in [3.05, 3.63) is 48.2 Å². The van der Waals surface area contributed by atoms with Crippen molar-refractivity contribution >= 4 is 11.5 Å². The van der Waals surface area contributed by atoms with E-state index in [1.54, 1.807) is 20.4 Å². The third-order valence-electron chi connectivity index (χ3n) is 6.40. The lowest BCUT2D eigenvalue weighted by atomic mass is 9.71. The molecular formula is C24H34N4O2. The summed E-state index contributed by atoms with van der Waals surface area (Å²) in [6.07, 6.45) is 6.59. The molecule has 0 bridgehead atoms. The van der Waals surface area contributed by atoms with Gasteiger partial charge in [0.25, 0.3) is 0 Å². The molecule has 0 spiro atoms. The van der Waals surface area contributed by atoms with Crippen molar-refractivity contribution < 1.29 is 9.47 Å². The van der Waals surface area contributed by atoms with Gasteiger partial charge < -0.3 is 14.4 Å². The first-order chi connectivity index (χ1) is 14.5. The summed E-state index contributed by atoms with van der Waals surface area (Å²) >= 11 is 0. The van der Waals surface area contributed by atoms with E-state index in [1.807, 2.05) is 30.3 Å². The minimum Gasteiger partial charge on any atom is -0.493 e. The first-order valence-electron chi connectivity index (χ1n) is 10.6. The second kappa shape index (κ2) is 9.94. The maximum Gasteiger partial charge on any atom is 0.160 e. The number of hydrogen-bond acceptors (Lipinski definition) is 6. The molecule has 1 aliphatic carbocycles. The molecule has 1 saturated heterocycles. The number of anilines is 1. The number of methoxy groups -OCH3 is 2. The number of ether oxygens (including phenoxy) is 2. The monoisotopic (exact) mass is 410 g/mol. The highest BCUT2D eigenvalue weighted by atomic mass is 16.5. The number of aromatic nitrogens is 1. The summed E-state index contributed by atoms with van der Waals surface area (Å²) in [5.41, 5.74) is 6.06. The van der Waals surface area contributed by atoms with E-state index in [0.29, 0.717) is 11.5 Å². The largest absolute Gasteiger partial charge is 0.493 e. The molecule has 1 aliphatic heterocycles. The van der Waals surface area contributed by atoms with E-state index >= 15 is 0 Å². The maximum absolute atomic E-state index is 5.01. The molecule has 0 radical (unpaired) electrons. The smallest absolute Gasteiger partial charge is 0.160 e. The van der Waals surface area contributed by atoms with Crippen LogP contribution in [0.25, 0.3) is 0 Å².